The first-order valence-corrected chi connectivity index (χ1v) is 8.58. The van der Waals surface area contributed by atoms with E-state index in [0.29, 0.717) is 37.8 Å². The molecule has 130 valence electrons. The zero-order valence-electron chi connectivity index (χ0n) is 13.7. The molecule has 7 heteroatoms. The van der Waals surface area contributed by atoms with Crippen molar-refractivity contribution in [1.82, 2.24) is 15.1 Å². The second-order valence-electron chi connectivity index (χ2n) is 6.21. The largest absolute Gasteiger partial charge is 0.375 e. The summed E-state index contributed by atoms with van der Waals surface area (Å²) in [6.45, 7) is 4.89. The van der Waals surface area contributed by atoms with E-state index in [1.165, 1.54) is 0 Å². The van der Waals surface area contributed by atoms with E-state index >= 15 is 0 Å². The third-order valence-electron chi connectivity index (χ3n) is 4.50. The van der Waals surface area contributed by atoms with Crippen LogP contribution < -0.4 is 5.32 Å². The zero-order valence-corrected chi connectivity index (χ0v) is 14.5. The summed E-state index contributed by atoms with van der Waals surface area (Å²) in [4.78, 5) is 28.4. The molecule has 1 aromatic carbocycles. The number of morpholine rings is 1. The average molecular weight is 352 g/mol. The second-order valence-corrected chi connectivity index (χ2v) is 6.65. The van der Waals surface area contributed by atoms with Crippen molar-refractivity contribution in [2.24, 2.45) is 0 Å². The van der Waals surface area contributed by atoms with Gasteiger partial charge >= 0.3 is 0 Å². The van der Waals surface area contributed by atoms with Crippen LogP contribution in [0.1, 0.15) is 12.5 Å². The predicted molar refractivity (Wildman–Crippen MR) is 90.7 cm³/mol. The average Bonchev–Trinajstić information content (AvgIpc) is 2.58. The van der Waals surface area contributed by atoms with Gasteiger partial charge in [-0.15, -0.1) is 0 Å². The van der Waals surface area contributed by atoms with Gasteiger partial charge in [-0.25, -0.2) is 0 Å². The van der Waals surface area contributed by atoms with Crippen LogP contribution in [0.3, 0.4) is 0 Å². The highest BCUT2D eigenvalue weighted by molar-refractivity contribution is 6.30. The van der Waals surface area contributed by atoms with Gasteiger partial charge in [-0.2, -0.15) is 0 Å². The molecule has 2 aliphatic heterocycles. The van der Waals surface area contributed by atoms with Crippen molar-refractivity contribution in [2.45, 2.75) is 25.6 Å². The predicted octanol–water partition coefficient (Wildman–Crippen LogP) is 0.888. The smallest absolute Gasteiger partial charge is 0.242 e. The van der Waals surface area contributed by atoms with Gasteiger partial charge in [0.2, 0.25) is 11.8 Å². The lowest BCUT2D eigenvalue weighted by atomic mass is 10.1. The Morgan fingerprint density at radius 1 is 1.33 bits per heavy atom. The second kappa shape index (κ2) is 7.51. The fraction of sp³-hybridized carbons (Fsp3) is 0.529. The molecule has 1 aromatic rings. The van der Waals surface area contributed by atoms with Crippen LogP contribution in [-0.2, 0) is 20.9 Å². The number of piperazine rings is 1. The number of benzene rings is 1. The third-order valence-corrected chi connectivity index (χ3v) is 4.75. The van der Waals surface area contributed by atoms with Gasteiger partial charge < -0.3 is 19.9 Å². The van der Waals surface area contributed by atoms with E-state index in [9.17, 15) is 9.59 Å². The van der Waals surface area contributed by atoms with Gasteiger partial charge in [0, 0.05) is 31.2 Å². The van der Waals surface area contributed by atoms with Gasteiger partial charge in [0.1, 0.15) is 6.04 Å². The molecule has 0 aliphatic carbocycles. The van der Waals surface area contributed by atoms with E-state index in [0.717, 1.165) is 5.56 Å². The van der Waals surface area contributed by atoms with Gasteiger partial charge in [-0.1, -0.05) is 23.7 Å². The van der Waals surface area contributed by atoms with Crippen molar-refractivity contribution in [3.05, 3.63) is 34.9 Å². The van der Waals surface area contributed by atoms with Crippen molar-refractivity contribution in [3.63, 3.8) is 0 Å². The summed E-state index contributed by atoms with van der Waals surface area (Å²) >= 11 is 5.88. The van der Waals surface area contributed by atoms with Gasteiger partial charge in [0.25, 0.3) is 0 Å². The first kappa shape index (κ1) is 17.2. The van der Waals surface area contributed by atoms with Gasteiger partial charge in [0.05, 0.1) is 19.3 Å². The molecular weight excluding hydrogens is 330 g/mol. The maximum Gasteiger partial charge on any atom is 0.242 e. The minimum absolute atomic E-state index is 0.0334. The molecule has 24 heavy (non-hydrogen) atoms. The lowest BCUT2D eigenvalue weighted by Crippen LogP contribution is -2.60. The third kappa shape index (κ3) is 3.88. The summed E-state index contributed by atoms with van der Waals surface area (Å²) in [6.07, 6.45) is -0.173. The SMILES string of the molecule is C[C@H]1OCCN[C@@H]1C(=O)N1CCN(Cc2ccc(Cl)cc2)C(=O)C1. The van der Waals surface area contributed by atoms with Crippen LogP contribution in [0, 0.1) is 0 Å². The first-order valence-electron chi connectivity index (χ1n) is 8.20. The Hall–Kier alpha value is -1.63. The van der Waals surface area contributed by atoms with Crippen molar-refractivity contribution < 1.29 is 14.3 Å². The highest BCUT2D eigenvalue weighted by Crippen LogP contribution is 2.15. The highest BCUT2D eigenvalue weighted by atomic mass is 35.5. The summed E-state index contributed by atoms with van der Waals surface area (Å²) in [5, 5.41) is 3.86. The normalized spacial score (nSPS) is 25.0. The Kier molecular flexibility index (Phi) is 5.38. The van der Waals surface area contributed by atoms with Crippen LogP contribution in [-0.4, -0.2) is 66.5 Å². The maximum absolute atomic E-state index is 12.6. The lowest BCUT2D eigenvalue weighted by molar-refractivity contribution is -0.150. The van der Waals surface area contributed by atoms with E-state index in [2.05, 4.69) is 5.32 Å². The molecule has 2 saturated heterocycles. The summed E-state index contributed by atoms with van der Waals surface area (Å²) in [7, 11) is 0. The molecule has 2 heterocycles. The molecule has 0 spiro atoms. The minimum atomic E-state index is -0.366. The minimum Gasteiger partial charge on any atom is -0.375 e. The first-order chi connectivity index (χ1) is 11.5. The van der Waals surface area contributed by atoms with Crippen molar-refractivity contribution in [2.75, 3.05) is 32.8 Å². The van der Waals surface area contributed by atoms with E-state index in [4.69, 9.17) is 16.3 Å². The Labute approximate surface area is 146 Å². The number of amides is 2. The van der Waals surface area contributed by atoms with Crippen molar-refractivity contribution >= 4 is 23.4 Å². The summed E-state index contributed by atoms with van der Waals surface area (Å²) in [5.41, 5.74) is 1.03. The van der Waals surface area contributed by atoms with Crippen LogP contribution in [0.4, 0.5) is 0 Å². The number of carbonyl (C=O) groups excluding carboxylic acids is 2. The molecule has 0 saturated carbocycles. The number of nitrogens with one attached hydrogen (secondary N) is 1. The maximum atomic E-state index is 12.6. The molecule has 2 atom stereocenters. The Bertz CT molecular complexity index is 608. The molecular formula is C17H22ClN3O3. The highest BCUT2D eigenvalue weighted by Gasteiger charge is 2.35. The Balaban J connectivity index is 1.57. The summed E-state index contributed by atoms with van der Waals surface area (Å²) in [5.74, 6) is -0.0874. The zero-order chi connectivity index (χ0) is 17.1. The van der Waals surface area contributed by atoms with Crippen LogP contribution in [0.25, 0.3) is 0 Å². The van der Waals surface area contributed by atoms with Crippen molar-refractivity contribution in [3.8, 4) is 0 Å². The molecule has 6 nitrogen and oxygen atoms in total. The van der Waals surface area contributed by atoms with Crippen LogP contribution >= 0.6 is 11.6 Å². The van der Waals surface area contributed by atoms with Gasteiger partial charge in [-0.3, -0.25) is 9.59 Å². The molecule has 0 bridgehead atoms. The van der Waals surface area contributed by atoms with E-state index in [-0.39, 0.29) is 30.5 Å². The van der Waals surface area contributed by atoms with Gasteiger partial charge in [-0.05, 0) is 24.6 Å². The summed E-state index contributed by atoms with van der Waals surface area (Å²) in [6, 6.07) is 7.10. The van der Waals surface area contributed by atoms with Crippen LogP contribution in [0.2, 0.25) is 5.02 Å². The number of ether oxygens (including phenoxy) is 1. The van der Waals surface area contributed by atoms with E-state index in [1.54, 1.807) is 9.80 Å². The topological polar surface area (TPSA) is 61.9 Å². The molecule has 0 aromatic heterocycles. The fourth-order valence-electron chi connectivity index (χ4n) is 3.08. The van der Waals surface area contributed by atoms with Gasteiger partial charge in [0.15, 0.2) is 0 Å². The monoisotopic (exact) mass is 351 g/mol. The van der Waals surface area contributed by atoms with E-state index < -0.39 is 0 Å². The molecule has 0 radical (unpaired) electrons. The molecule has 0 unspecified atom stereocenters. The molecule has 2 fully saturated rings. The van der Waals surface area contributed by atoms with E-state index in [1.807, 2.05) is 31.2 Å². The molecule has 3 rings (SSSR count). The van der Waals surface area contributed by atoms with Crippen molar-refractivity contribution in [1.29, 1.82) is 0 Å². The fourth-order valence-corrected chi connectivity index (χ4v) is 3.21. The van der Waals surface area contributed by atoms with Crippen LogP contribution in [0.15, 0.2) is 24.3 Å². The number of hydrogen-bond donors (Lipinski definition) is 1. The molecule has 1 N–H and O–H groups in total. The Morgan fingerprint density at radius 3 is 2.75 bits per heavy atom. The lowest BCUT2D eigenvalue weighted by Gasteiger charge is -2.38. The number of rotatable bonds is 3. The number of hydrogen-bond acceptors (Lipinski definition) is 4. The summed E-state index contributed by atoms with van der Waals surface area (Å²) < 4.78 is 5.52. The quantitative estimate of drug-likeness (QED) is 0.878. The van der Waals surface area contributed by atoms with Crippen LogP contribution in [0.5, 0.6) is 0 Å². The molecule has 2 aliphatic rings. The number of halogens is 1. The standard InChI is InChI=1S/C17H22ClN3O3/c1-12-16(19-6-9-24-12)17(23)21-8-7-20(15(22)11-21)10-13-2-4-14(18)5-3-13/h2-5,12,16,19H,6-11H2,1H3/t12-,16+/m1/s1. The Morgan fingerprint density at radius 2 is 2.08 bits per heavy atom. The number of nitrogens with zero attached hydrogens (tertiary/aromatic N) is 2. The number of carbonyl (C=O) groups is 2. The molecule has 2 amide bonds.